The molecule has 1 aliphatic heterocycles. The summed E-state index contributed by atoms with van der Waals surface area (Å²) in [4.78, 5) is 23.4. The first-order chi connectivity index (χ1) is 7.39. The second-order valence-electron chi connectivity index (χ2n) is 5.68. The Labute approximate surface area is 98.0 Å². The molecule has 2 atom stereocenters. The van der Waals surface area contributed by atoms with Crippen LogP contribution in [0.15, 0.2) is 0 Å². The molecule has 0 aromatic heterocycles. The summed E-state index contributed by atoms with van der Waals surface area (Å²) < 4.78 is 0. The summed E-state index contributed by atoms with van der Waals surface area (Å²) in [5.74, 6) is 0.298. The highest BCUT2D eigenvalue weighted by Gasteiger charge is 2.44. The molecule has 1 rings (SSSR count). The molecule has 0 radical (unpaired) electrons. The van der Waals surface area contributed by atoms with Crippen LogP contribution in [-0.4, -0.2) is 11.8 Å². The van der Waals surface area contributed by atoms with Crippen molar-refractivity contribution >= 4 is 11.8 Å². The third kappa shape index (κ3) is 2.83. The summed E-state index contributed by atoms with van der Waals surface area (Å²) in [5.41, 5.74) is -0.140. The molecule has 0 bridgehead atoms. The van der Waals surface area contributed by atoms with Crippen molar-refractivity contribution in [1.82, 2.24) is 5.32 Å². The van der Waals surface area contributed by atoms with Gasteiger partial charge in [0, 0.05) is 12.3 Å². The first kappa shape index (κ1) is 13.2. The molecule has 1 aliphatic rings. The average Bonchev–Trinajstić information content (AvgIpc) is 2.11. The van der Waals surface area contributed by atoms with E-state index in [1.54, 1.807) is 0 Å². The number of amides is 2. The van der Waals surface area contributed by atoms with E-state index < -0.39 is 0 Å². The smallest absolute Gasteiger partial charge is 0.230 e. The number of carbonyl (C=O) groups excluding carboxylic acids is 2. The number of imide groups is 1. The number of carbonyl (C=O) groups is 2. The van der Waals surface area contributed by atoms with Crippen molar-refractivity contribution in [1.29, 1.82) is 0 Å². The molecule has 2 unspecified atom stereocenters. The zero-order valence-electron chi connectivity index (χ0n) is 10.8. The van der Waals surface area contributed by atoms with E-state index in [0.717, 1.165) is 19.3 Å². The molecular weight excluding hydrogens is 202 g/mol. The predicted molar refractivity (Wildman–Crippen MR) is 63.7 cm³/mol. The standard InChI is InChI=1S/C13H23NO2/c1-5-6-13(4)8-11(15)14-12(16)10(13)7-9(2)3/h9-10H,5-8H2,1-4H3,(H,14,15,16). The van der Waals surface area contributed by atoms with Crippen LogP contribution in [0, 0.1) is 17.3 Å². The maximum atomic E-state index is 11.9. The molecule has 92 valence electrons. The zero-order valence-corrected chi connectivity index (χ0v) is 10.8. The number of piperidine rings is 1. The Bertz CT molecular complexity index is 286. The molecule has 3 heteroatoms. The van der Waals surface area contributed by atoms with Crippen LogP contribution >= 0.6 is 0 Å². The molecule has 3 nitrogen and oxygen atoms in total. The minimum absolute atomic E-state index is 0.00912. The molecule has 1 N–H and O–H groups in total. The van der Waals surface area contributed by atoms with E-state index in [9.17, 15) is 9.59 Å². The lowest BCUT2D eigenvalue weighted by molar-refractivity contribution is -0.144. The maximum absolute atomic E-state index is 11.9. The number of hydrogen-bond donors (Lipinski definition) is 1. The van der Waals surface area contributed by atoms with Crippen LogP contribution in [0.3, 0.4) is 0 Å². The van der Waals surface area contributed by atoms with E-state index in [-0.39, 0.29) is 23.1 Å². The SMILES string of the molecule is CCCC1(C)CC(=O)NC(=O)C1CC(C)C. The molecule has 0 aromatic carbocycles. The highest BCUT2D eigenvalue weighted by molar-refractivity contribution is 5.99. The fraction of sp³-hybridized carbons (Fsp3) is 0.846. The monoisotopic (exact) mass is 225 g/mol. The van der Waals surface area contributed by atoms with Gasteiger partial charge in [-0.3, -0.25) is 14.9 Å². The van der Waals surface area contributed by atoms with Crippen molar-refractivity contribution in [3.63, 3.8) is 0 Å². The molecule has 1 saturated heterocycles. The van der Waals surface area contributed by atoms with Crippen LogP contribution in [-0.2, 0) is 9.59 Å². The largest absolute Gasteiger partial charge is 0.296 e. The van der Waals surface area contributed by atoms with Crippen LogP contribution in [0.2, 0.25) is 0 Å². The second-order valence-corrected chi connectivity index (χ2v) is 5.68. The third-order valence-electron chi connectivity index (χ3n) is 3.51. The molecule has 0 saturated carbocycles. The van der Waals surface area contributed by atoms with E-state index in [4.69, 9.17) is 0 Å². The molecule has 0 aromatic rings. The average molecular weight is 225 g/mol. The number of hydrogen-bond acceptors (Lipinski definition) is 2. The number of rotatable bonds is 4. The van der Waals surface area contributed by atoms with Gasteiger partial charge in [-0.1, -0.05) is 34.1 Å². The van der Waals surface area contributed by atoms with Crippen molar-refractivity contribution < 1.29 is 9.59 Å². The maximum Gasteiger partial charge on any atom is 0.230 e. The van der Waals surface area contributed by atoms with E-state index in [1.165, 1.54) is 0 Å². The molecular formula is C13H23NO2. The van der Waals surface area contributed by atoms with E-state index in [0.29, 0.717) is 12.3 Å². The van der Waals surface area contributed by atoms with Gasteiger partial charge in [-0.25, -0.2) is 0 Å². The normalized spacial score (nSPS) is 30.7. The second kappa shape index (κ2) is 4.98. The minimum Gasteiger partial charge on any atom is -0.296 e. The Kier molecular flexibility index (Phi) is 4.11. The van der Waals surface area contributed by atoms with Crippen LogP contribution in [0.4, 0.5) is 0 Å². The van der Waals surface area contributed by atoms with Gasteiger partial charge >= 0.3 is 0 Å². The van der Waals surface area contributed by atoms with Crippen molar-refractivity contribution in [2.24, 2.45) is 17.3 Å². The molecule has 0 spiro atoms. The van der Waals surface area contributed by atoms with Crippen molar-refractivity contribution in [2.45, 2.75) is 53.4 Å². The highest BCUT2D eigenvalue weighted by Crippen LogP contribution is 2.41. The quantitative estimate of drug-likeness (QED) is 0.747. The van der Waals surface area contributed by atoms with Gasteiger partial charge in [0.2, 0.25) is 11.8 Å². The van der Waals surface area contributed by atoms with E-state index >= 15 is 0 Å². The first-order valence-electron chi connectivity index (χ1n) is 6.22. The van der Waals surface area contributed by atoms with Crippen LogP contribution < -0.4 is 5.32 Å². The van der Waals surface area contributed by atoms with E-state index in [1.807, 2.05) is 0 Å². The highest BCUT2D eigenvalue weighted by atomic mass is 16.2. The minimum atomic E-state index is -0.140. The van der Waals surface area contributed by atoms with Gasteiger partial charge in [-0.15, -0.1) is 0 Å². The summed E-state index contributed by atoms with van der Waals surface area (Å²) in [6.45, 7) is 8.43. The van der Waals surface area contributed by atoms with Crippen molar-refractivity contribution in [2.75, 3.05) is 0 Å². The third-order valence-corrected chi connectivity index (χ3v) is 3.51. The fourth-order valence-electron chi connectivity index (χ4n) is 2.77. The summed E-state index contributed by atoms with van der Waals surface area (Å²) >= 11 is 0. The van der Waals surface area contributed by atoms with Gasteiger partial charge in [0.15, 0.2) is 0 Å². The van der Waals surface area contributed by atoms with Crippen LogP contribution in [0.5, 0.6) is 0 Å². The lowest BCUT2D eigenvalue weighted by Crippen LogP contribution is -2.51. The lowest BCUT2D eigenvalue weighted by Gasteiger charge is -2.40. The lowest BCUT2D eigenvalue weighted by atomic mass is 9.66. The summed E-state index contributed by atoms with van der Waals surface area (Å²) in [6, 6.07) is 0. The Balaban J connectivity index is 2.88. The molecule has 0 aliphatic carbocycles. The summed E-state index contributed by atoms with van der Waals surface area (Å²) in [7, 11) is 0. The van der Waals surface area contributed by atoms with Gasteiger partial charge in [0.05, 0.1) is 0 Å². The Morgan fingerprint density at radius 1 is 1.44 bits per heavy atom. The van der Waals surface area contributed by atoms with Crippen LogP contribution in [0.1, 0.15) is 53.4 Å². The first-order valence-corrected chi connectivity index (χ1v) is 6.22. The van der Waals surface area contributed by atoms with Gasteiger partial charge in [-0.2, -0.15) is 0 Å². The fourth-order valence-corrected chi connectivity index (χ4v) is 2.77. The van der Waals surface area contributed by atoms with Gasteiger partial charge < -0.3 is 0 Å². The Hall–Kier alpha value is -0.860. The molecule has 1 heterocycles. The van der Waals surface area contributed by atoms with E-state index in [2.05, 4.69) is 33.0 Å². The van der Waals surface area contributed by atoms with Gasteiger partial charge in [-0.05, 0) is 24.2 Å². The number of nitrogens with one attached hydrogen (secondary N) is 1. The zero-order chi connectivity index (χ0) is 12.3. The van der Waals surface area contributed by atoms with Gasteiger partial charge in [0.1, 0.15) is 0 Å². The van der Waals surface area contributed by atoms with Gasteiger partial charge in [0.25, 0.3) is 0 Å². The topological polar surface area (TPSA) is 46.2 Å². The summed E-state index contributed by atoms with van der Waals surface area (Å²) in [6.07, 6.45) is 3.33. The van der Waals surface area contributed by atoms with Crippen molar-refractivity contribution in [3.8, 4) is 0 Å². The Morgan fingerprint density at radius 3 is 2.56 bits per heavy atom. The van der Waals surface area contributed by atoms with Crippen LogP contribution in [0.25, 0.3) is 0 Å². The molecule has 2 amide bonds. The Morgan fingerprint density at radius 2 is 2.06 bits per heavy atom. The van der Waals surface area contributed by atoms with Crippen molar-refractivity contribution in [3.05, 3.63) is 0 Å². The summed E-state index contributed by atoms with van der Waals surface area (Å²) in [5, 5.41) is 2.47. The molecule has 16 heavy (non-hydrogen) atoms. The predicted octanol–water partition coefficient (Wildman–Crippen LogP) is 2.50. The molecule has 1 fully saturated rings.